The number of aromatic nitrogens is 2. The Morgan fingerprint density at radius 2 is 1.52 bits per heavy atom. The average molecular weight is 385 g/mol. The number of aliphatic hydroxyl groups is 1. The minimum absolute atomic E-state index is 0.216. The van der Waals surface area contributed by atoms with Gasteiger partial charge in [-0.15, -0.1) is 6.58 Å². The Balaban J connectivity index is 1.62. The van der Waals surface area contributed by atoms with E-state index in [9.17, 15) is 5.11 Å². The lowest BCUT2D eigenvalue weighted by molar-refractivity contribution is 0.182. The van der Waals surface area contributed by atoms with Crippen molar-refractivity contribution in [3.8, 4) is 22.5 Å². The number of rotatable bonds is 9. The molecule has 3 heteroatoms. The second-order valence-electron chi connectivity index (χ2n) is 7.28. The summed E-state index contributed by atoms with van der Waals surface area (Å²) in [6.45, 7) is 5.60. The molecule has 1 N–H and O–H groups in total. The zero-order valence-corrected chi connectivity index (χ0v) is 17.0. The van der Waals surface area contributed by atoms with Crippen molar-refractivity contribution in [2.45, 2.75) is 38.7 Å². The Labute approximate surface area is 173 Å². The van der Waals surface area contributed by atoms with Gasteiger partial charge in [-0.05, 0) is 43.7 Å². The van der Waals surface area contributed by atoms with Gasteiger partial charge in [0.1, 0.15) is 0 Å². The molecule has 0 spiro atoms. The summed E-state index contributed by atoms with van der Waals surface area (Å²) >= 11 is 0. The molecule has 3 rings (SSSR count). The molecule has 0 aliphatic rings. The Kier molecular flexibility index (Phi) is 7.48. The van der Waals surface area contributed by atoms with Gasteiger partial charge in [0, 0.05) is 11.1 Å². The first-order chi connectivity index (χ1) is 14.2. The van der Waals surface area contributed by atoms with Crippen LogP contribution in [0.3, 0.4) is 0 Å². The molecule has 0 saturated carbocycles. The number of unbranched alkanes of at least 4 members (excludes halogenated alkanes) is 1. The molecule has 1 unspecified atom stereocenters. The number of hydrogen-bond donors (Lipinski definition) is 1. The van der Waals surface area contributed by atoms with E-state index in [2.05, 4.69) is 77.2 Å². The van der Waals surface area contributed by atoms with Crippen molar-refractivity contribution < 1.29 is 5.11 Å². The van der Waals surface area contributed by atoms with E-state index in [4.69, 9.17) is 0 Å². The molecule has 3 nitrogen and oxygen atoms in total. The molecule has 0 aliphatic carbocycles. The first-order valence-corrected chi connectivity index (χ1v) is 10.1. The summed E-state index contributed by atoms with van der Waals surface area (Å²) in [4.78, 5) is 9.19. The first kappa shape index (κ1) is 20.7. The van der Waals surface area contributed by atoms with Gasteiger partial charge >= 0.3 is 0 Å². The molecular formula is C26H28N2O. The Morgan fingerprint density at radius 1 is 0.931 bits per heavy atom. The van der Waals surface area contributed by atoms with Crippen LogP contribution in [0.1, 0.15) is 37.3 Å². The lowest BCUT2D eigenvalue weighted by Gasteiger charge is -2.05. The second kappa shape index (κ2) is 10.5. The number of benzene rings is 2. The third-order valence-corrected chi connectivity index (χ3v) is 4.79. The number of nitrogens with zero attached hydrogens (tertiary/aromatic N) is 2. The van der Waals surface area contributed by atoms with Crippen LogP contribution in [0.25, 0.3) is 28.6 Å². The fraction of sp³-hybridized carbons (Fsp3) is 0.231. The Morgan fingerprint density at radius 3 is 2.03 bits per heavy atom. The number of hydrogen-bond acceptors (Lipinski definition) is 3. The molecule has 148 valence electrons. The summed E-state index contributed by atoms with van der Waals surface area (Å²) in [5.74, 6) is 0. The van der Waals surface area contributed by atoms with Crippen molar-refractivity contribution >= 4 is 6.08 Å². The third kappa shape index (κ3) is 6.23. The monoisotopic (exact) mass is 384 g/mol. The van der Waals surface area contributed by atoms with Crippen molar-refractivity contribution in [1.29, 1.82) is 0 Å². The van der Waals surface area contributed by atoms with Crippen LogP contribution in [0.4, 0.5) is 0 Å². The van der Waals surface area contributed by atoms with Gasteiger partial charge in [0.25, 0.3) is 0 Å². The van der Waals surface area contributed by atoms with Gasteiger partial charge in [0.2, 0.25) is 0 Å². The van der Waals surface area contributed by atoms with Gasteiger partial charge in [-0.3, -0.25) is 9.97 Å². The molecule has 0 bridgehead atoms. The standard InChI is InChI=1S/C26H28N2O/c1-3-7-21-10-14-23(15-11-21)25-18-28-26(19-27-25)24-16-12-22(13-17-24)9-6-4-5-8-20(2)29/h3,6,9-20,29H,1,4-5,7-8H2,2H3/b9-6+. The molecule has 0 saturated heterocycles. The summed E-state index contributed by atoms with van der Waals surface area (Å²) in [5, 5.41) is 9.28. The molecule has 2 aromatic carbocycles. The third-order valence-electron chi connectivity index (χ3n) is 4.79. The van der Waals surface area contributed by atoms with E-state index < -0.39 is 0 Å². The van der Waals surface area contributed by atoms with E-state index in [1.54, 1.807) is 0 Å². The molecule has 1 atom stereocenters. The molecule has 1 heterocycles. The van der Waals surface area contributed by atoms with Crippen molar-refractivity contribution in [2.75, 3.05) is 0 Å². The van der Waals surface area contributed by atoms with Crippen LogP contribution in [-0.4, -0.2) is 21.2 Å². The van der Waals surface area contributed by atoms with E-state index in [-0.39, 0.29) is 6.10 Å². The smallest absolute Gasteiger partial charge is 0.0885 e. The highest BCUT2D eigenvalue weighted by Gasteiger charge is 2.03. The SMILES string of the molecule is C=CCc1ccc(-c2cnc(-c3ccc(/C=C/CCCC(C)O)cc3)cn2)cc1. The highest BCUT2D eigenvalue weighted by molar-refractivity contribution is 5.64. The topological polar surface area (TPSA) is 46.0 Å². The van der Waals surface area contributed by atoms with E-state index in [1.165, 1.54) is 5.56 Å². The van der Waals surface area contributed by atoms with E-state index in [1.807, 2.05) is 25.4 Å². The minimum Gasteiger partial charge on any atom is -0.393 e. The molecular weight excluding hydrogens is 356 g/mol. The Hall–Kier alpha value is -3.04. The molecule has 0 aliphatic heterocycles. The highest BCUT2D eigenvalue weighted by atomic mass is 16.3. The first-order valence-electron chi connectivity index (χ1n) is 10.1. The van der Waals surface area contributed by atoms with Gasteiger partial charge in [-0.25, -0.2) is 0 Å². The zero-order chi connectivity index (χ0) is 20.5. The lowest BCUT2D eigenvalue weighted by atomic mass is 10.1. The van der Waals surface area contributed by atoms with Gasteiger partial charge in [0.15, 0.2) is 0 Å². The molecule has 0 amide bonds. The molecule has 0 radical (unpaired) electrons. The van der Waals surface area contributed by atoms with Crippen LogP contribution >= 0.6 is 0 Å². The van der Waals surface area contributed by atoms with Gasteiger partial charge in [-0.1, -0.05) is 66.8 Å². The average Bonchev–Trinajstić information content (AvgIpc) is 2.75. The molecule has 3 aromatic rings. The summed E-state index contributed by atoms with van der Waals surface area (Å²) in [6, 6.07) is 16.7. The van der Waals surface area contributed by atoms with Crippen molar-refractivity contribution in [3.63, 3.8) is 0 Å². The predicted molar refractivity (Wildman–Crippen MR) is 121 cm³/mol. The largest absolute Gasteiger partial charge is 0.393 e. The summed E-state index contributed by atoms with van der Waals surface area (Å²) in [6.07, 6.45) is 13.3. The van der Waals surface area contributed by atoms with Crippen LogP contribution in [0.15, 0.2) is 79.7 Å². The maximum atomic E-state index is 9.28. The van der Waals surface area contributed by atoms with Gasteiger partial charge < -0.3 is 5.11 Å². The van der Waals surface area contributed by atoms with E-state index in [0.717, 1.165) is 53.8 Å². The van der Waals surface area contributed by atoms with Crippen LogP contribution < -0.4 is 0 Å². The summed E-state index contributed by atoms with van der Waals surface area (Å²) in [7, 11) is 0. The van der Waals surface area contributed by atoms with E-state index >= 15 is 0 Å². The zero-order valence-electron chi connectivity index (χ0n) is 17.0. The fourth-order valence-electron chi connectivity index (χ4n) is 3.12. The van der Waals surface area contributed by atoms with Crippen LogP contribution in [0.2, 0.25) is 0 Å². The molecule has 1 aromatic heterocycles. The van der Waals surface area contributed by atoms with Crippen LogP contribution in [0.5, 0.6) is 0 Å². The van der Waals surface area contributed by atoms with Crippen molar-refractivity contribution in [2.24, 2.45) is 0 Å². The number of allylic oxidation sites excluding steroid dienone is 2. The Bertz CT molecular complexity index is 924. The predicted octanol–water partition coefficient (Wildman–Crippen LogP) is 6.10. The fourth-order valence-corrected chi connectivity index (χ4v) is 3.12. The van der Waals surface area contributed by atoms with Crippen molar-refractivity contribution in [3.05, 3.63) is 90.8 Å². The summed E-state index contributed by atoms with van der Waals surface area (Å²) < 4.78 is 0. The van der Waals surface area contributed by atoms with Crippen molar-refractivity contribution in [1.82, 2.24) is 9.97 Å². The highest BCUT2D eigenvalue weighted by Crippen LogP contribution is 2.21. The maximum absolute atomic E-state index is 9.28. The normalized spacial score (nSPS) is 12.2. The molecule has 29 heavy (non-hydrogen) atoms. The van der Waals surface area contributed by atoms with Gasteiger partial charge in [0.05, 0.1) is 29.9 Å². The second-order valence-corrected chi connectivity index (χ2v) is 7.28. The number of aliphatic hydroxyl groups excluding tert-OH is 1. The van der Waals surface area contributed by atoms with E-state index in [0.29, 0.717) is 0 Å². The minimum atomic E-state index is -0.216. The summed E-state index contributed by atoms with van der Waals surface area (Å²) in [5.41, 5.74) is 6.25. The van der Waals surface area contributed by atoms with Crippen LogP contribution in [0, 0.1) is 0 Å². The maximum Gasteiger partial charge on any atom is 0.0885 e. The van der Waals surface area contributed by atoms with Crippen LogP contribution in [-0.2, 0) is 6.42 Å². The molecule has 0 fully saturated rings. The quantitative estimate of drug-likeness (QED) is 0.358. The lowest BCUT2D eigenvalue weighted by Crippen LogP contribution is -1.97. The van der Waals surface area contributed by atoms with Gasteiger partial charge in [-0.2, -0.15) is 0 Å².